The van der Waals surface area contributed by atoms with Crippen LogP contribution in [0.1, 0.15) is 11.4 Å². The monoisotopic (exact) mass is 412 g/mol. The van der Waals surface area contributed by atoms with Crippen LogP contribution in [0.15, 0.2) is 77.3 Å². The minimum Gasteiger partial charge on any atom is -0.340 e. The molecule has 0 saturated carbocycles. The highest BCUT2D eigenvalue weighted by Gasteiger charge is 2.22. The zero-order valence-electron chi connectivity index (χ0n) is 17.3. The Bertz CT molecular complexity index is 1180. The van der Waals surface area contributed by atoms with E-state index >= 15 is 0 Å². The quantitative estimate of drug-likeness (QED) is 0.499. The molecule has 4 aromatic rings. The van der Waals surface area contributed by atoms with Crippen molar-refractivity contribution < 1.29 is 9.32 Å². The van der Waals surface area contributed by atoms with Gasteiger partial charge in [0, 0.05) is 31.7 Å². The number of benzene rings is 3. The largest absolute Gasteiger partial charge is 0.340 e. The van der Waals surface area contributed by atoms with Gasteiger partial charge in [0.2, 0.25) is 5.91 Å². The molecule has 5 rings (SSSR count). The maximum atomic E-state index is 12.6. The summed E-state index contributed by atoms with van der Waals surface area (Å²) in [5.74, 6) is 1.40. The number of carbonyl (C=O) groups excluding carboxylic acids is 1. The molecule has 2 heterocycles. The number of piperazine rings is 1. The van der Waals surface area contributed by atoms with Gasteiger partial charge in [0.15, 0.2) is 5.82 Å². The Morgan fingerprint density at radius 2 is 1.61 bits per heavy atom. The molecule has 0 radical (unpaired) electrons. The van der Waals surface area contributed by atoms with Gasteiger partial charge in [-0.15, -0.1) is 0 Å². The summed E-state index contributed by atoms with van der Waals surface area (Å²) in [7, 11) is 0. The molecule has 6 nitrogen and oxygen atoms in total. The fourth-order valence-electron chi connectivity index (χ4n) is 4.08. The van der Waals surface area contributed by atoms with Crippen molar-refractivity contribution in [1.82, 2.24) is 19.9 Å². The lowest BCUT2D eigenvalue weighted by Gasteiger charge is -2.34. The van der Waals surface area contributed by atoms with E-state index in [4.69, 9.17) is 4.52 Å². The minimum absolute atomic E-state index is 0.184. The lowest BCUT2D eigenvalue weighted by atomic mass is 10.0. The van der Waals surface area contributed by atoms with Gasteiger partial charge in [0.25, 0.3) is 5.89 Å². The average Bonchev–Trinajstić information content (AvgIpc) is 3.28. The highest BCUT2D eigenvalue weighted by atomic mass is 16.5. The predicted molar refractivity (Wildman–Crippen MR) is 119 cm³/mol. The van der Waals surface area contributed by atoms with Crippen molar-refractivity contribution in [1.29, 1.82) is 0 Å². The van der Waals surface area contributed by atoms with Crippen molar-refractivity contribution >= 4 is 16.7 Å². The molecule has 0 aliphatic carbocycles. The fraction of sp³-hybridized carbons (Fsp3) is 0.240. The topological polar surface area (TPSA) is 62.5 Å². The standard InChI is InChI=1S/C25H24N4O2/c30-24(17-19-7-2-1-3-8-19)29-15-13-28(14-16-29)18-23-26-25(31-27-23)22-12-6-10-20-9-4-5-11-21(20)22/h1-12H,13-18H2. The molecule has 156 valence electrons. The van der Waals surface area contributed by atoms with Crippen molar-refractivity contribution in [2.75, 3.05) is 26.2 Å². The number of carbonyl (C=O) groups is 1. The first kappa shape index (κ1) is 19.5. The highest BCUT2D eigenvalue weighted by Crippen LogP contribution is 2.27. The second kappa shape index (κ2) is 8.70. The zero-order valence-corrected chi connectivity index (χ0v) is 17.3. The molecule has 1 amide bonds. The summed E-state index contributed by atoms with van der Waals surface area (Å²) in [5, 5.41) is 6.45. The van der Waals surface area contributed by atoms with E-state index in [2.05, 4.69) is 33.2 Å². The summed E-state index contributed by atoms with van der Waals surface area (Å²) < 4.78 is 5.57. The molecular formula is C25H24N4O2. The number of hydrogen-bond donors (Lipinski definition) is 0. The average molecular weight is 412 g/mol. The van der Waals surface area contributed by atoms with E-state index in [-0.39, 0.29) is 5.91 Å². The smallest absolute Gasteiger partial charge is 0.258 e. The van der Waals surface area contributed by atoms with E-state index in [9.17, 15) is 4.79 Å². The normalized spacial score (nSPS) is 14.8. The Labute approximate surface area is 181 Å². The van der Waals surface area contributed by atoms with Gasteiger partial charge >= 0.3 is 0 Å². The third kappa shape index (κ3) is 4.34. The molecule has 3 aromatic carbocycles. The Morgan fingerprint density at radius 3 is 2.45 bits per heavy atom. The molecule has 0 bridgehead atoms. The van der Waals surface area contributed by atoms with E-state index < -0.39 is 0 Å². The van der Waals surface area contributed by atoms with Crippen molar-refractivity contribution in [2.24, 2.45) is 0 Å². The summed E-state index contributed by atoms with van der Waals surface area (Å²) in [4.78, 5) is 21.4. The van der Waals surface area contributed by atoms with E-state index in [0.29, 0.717) is 24.7 Å². The van der Waals surface area contributed by atoms with Gasteiger partial charge in [-0.05, 0) is 22.4 Å². The second-order valence-electron chi connectivity index (χ2n) is 7.86. The molecule has 31 heavy (non-hydrogen) atoms. The Morgan fingerprint density at radius 1 is 0.871 bits per heavy atom. The van der Waals surface area contributed by atoms with Gasteiger partial charge < -0.3 is 9.42 Å². The van der Waals surface area contributed by atoms with Gasteiger partial charge in [-0.3, -0.25) is 9.69 Å². The van der Waals surface area contributed by atoms with Crippen molar-refractivity contribution in [3.8, 4) is 11.5 Å². The number of fused-ring (bicyclic) bond motifs is 1. The van der Waals surface area contributed by atoms with Crippen LogP contribution < -0.4 is 0 Å². The molecule has 1 aliphatic heterocycles. The number of aromatic nitrogens is 2. The zero-order chi connectivity index (χ0) is 21.0. The molecular weight excluding hydrogens is 388 g/mol. The number of nitrogens with zero attached hydrogens (tertiary/aromatic N) is 4. The molecule has 0 atom stereocenters. The first-order valence-corrected chi connectivity index (χ1v) is 10.6. The van der Waals surface area contributed by atoms with E-state index in [1.807, 2.05) is 59.5 Å². The van der Waals surface area contributed by atoms with Crippen LogP contribution in [0.4, 0.5) is 0 Å². The third-order valence-electron chi connectivity index (χ3n) is 5.78. The summed E-state index contributed by atoms with van der Waals surface area (Å²) in [5.41, 5.74) is 2.01. The number of amides is 1. The van der Waals surface area contributed by atoms with Crippen LogP contribution in [0.5, 0.6) is 0 Å². The number of rotatable bonds is 5. The van der Waals surface area contributed by atoms with Gasteiger partial charge in [-0.1, -0.05) is 71.9 Å². The Balaban J connectivity index is 1.20. The van der Waals surface area contributed by atoms with Crippen LogP contribution in [0.3, 0.4) is 0 Å². The van der Waals surface area contributed by atoms with Crippen LogP contribution >= 0.6 is 0 Å². The van der Waals surface area contributed by atoms with Crippen LogP contribution in [0, 0.1) is 0 Å². The predicted octanol–water partition coefficient (Wildman–Crippen LogP) is 3.78. The van der Waals surface area contributed by atoms with E-state index in [1.165, 1.54) is 0 Å². The van der Waals surface area contributed by atoms with Gasteiger partial charge in [-0.25, -0.2) is 0 Å². The van der Waals surface area contributed by atoms with Gasteiger partial charge in [0.1, 0.15) is 0 Å². The number of hydrogen-bond acceptors (Lipinski definition) is 5. The lowest BCUT2D eigenvalue weighted by Crippen LogP contribution is -2.48. The molecule has 1 aliphatic rings. The minimum atomic E-state index is 0.184. The molecule has 0 unspecified atom stereocenters. The van der Waals surface area contributed by atoms with Crippen molar-refractivity contribution in [3.63, 3.8) is 0 Å². The molecule has 1 saturated heterocycles. The second-order valence-corrected chi connectivity index (χ2v) is 7.86. The SMILES string of the molecule is O=C(Cc1ccccc1)N1CCN(Cc2noc(-c3cccc4ccccc34)n2)CC1. The summed E-state index contributed by atoms with van der Waals surface area (Å²) in [6.07, 6.45) is 0.458. The molecule has 6 heteroatoms. The highest BCUT2D eigenvalue weighted by molar-refractivity contribution is 5.94. The third-order valence-corrected chi connectivity index (χ3v) is 5.78. The Kier molecular flexibility index (Phi) is 5.46. The maximum absolute atomic E-state index is 12.6. The first-order valence-electron chi connectivity index (χ1n) is 10.6. The van der Waals surface area contributed by atoms with Crippen molar-refractivity contribution in [3.05, 3.63) is 84.2 Å². The Hall–Kier alpha value is -3.51. The van der Waals surface area contributed by atoms with E-state index in [1.54, 1.807) is 0 Å². The van der Waals surface area contributed by atoms with Crippen LogP contribution in [0.2, 0.25) is 0 Å². The van der Waals surface area contributed by atoms with Crippen LogP contribution in [-0.4, -0.2) is 52.0 Å². The van der Waals surface area contributed by atoms with Gasteiger partial charge in [0.05, 0.1) is 13.0 Å². The molecule has 0 N–H and O–H groups in total. The lowest BCUT2D eigenvalue weighted by molar-refractivity contribution is -0.132. The molecule has 0 spiro atoms. The molecule has 1 fully saturated rings. The van der Waals surface area contributed by atoms with E-state index in [0.717, 1.165) is 48.1 Å². The summed E-state index contributed by atoms with van der Waals surface area (Å²) in [6.45, 7) is 3.67. The van der Waals surface area contributed by atoms with Crippen LogP contribution in [-0.2, 0) is 17.8 Å². The van der Waals surface area contributed by atoms with Crippen molar-refractivity contribution in [2.45, 2.75) is 13.0 Å². The molecule has 1 aromatic heterocycles. The van der Waals surface area contributed by atoms with Gasteiger partial charge in [-0.2, -0.15) is 4.98 Å². The summed E-state index contributed by atoms with van der Waals surface area (Å²) in [6, 6.07) is 24.2. The van der Waals surface area contributed by atoms with Crippen LogP contribution in [0.25, 0.3) is 22.2 Å². The fourth-order valence-corrected chi connectivity index (χ4v) is 4.08. The first-order chi connectivity index (χ1) is 15.3. The maximum Gasteiger partial charge on any atom is 0.258 e. The summed E-state index contributed by atoms with van der Waals surface area (Å²) >= 11 is 0.